The largest absolute Gasteiger partial charge is 0.505 e. The second kappa shape index (κ2) is 8.81. The fourth-order valence-corrected chi connectivity index (χ4v) is 2.55. The third-order valence-electron chi connectivity index (χ3n) is 3.90. The van der Waals surface area contributed by atoms with Crippen LogP contribution < -0.4 is 4.74 Å². The molecule has 6 heteroatoms. The monoisotopic (exact) mass is 376 g/mol. The Morgan fingerprint density at radius 1 is 1.00 bits per heavy atom. The number of hydrogen-bond acceptors (Lipinski definition) is 6. The lowest BCUT2D eigenvalue weighted by Crippen LogP contribution is -2.12. The van der Waals surface area contributed by atoms with E-state index in [2.05, 4.69) is 16.8 Å². The zero-order chi connectivity index (χ0) is 19.9. The third kappa shape index (κ3) is 4.54. The standard InChI is InChI=1S/C22H20N2O4/c1-15(2)22(26)28-13-12-27-20-14-19(25)21(18-11-7-6-10-17(18)20)24-23-16-8-4-3-5-9-16/h3-11,14,25H,1,12-13H2,2H3. The second-order valence-corrected chi connectivity index (χ2v) is 6.09. The molecule has 3 rings (SSSR count). The quantitative estimate of drug-likeness (QED) is 0.257. The van der Waals surface area contributed by atoms with Gasteiger partial charge in [-0.15, -0.1) is 5.11 Å². The van der Waals surface area contributed by atoms with Crippen molar-refractivity contribution in [3.8, 4) is 11.5 Å². The molecule has 1 N–H and O–H groups in total. The van der Waals surface area contributed by atoms with E-state index in [1.54, 1.807) is 6.92 Å². The number of azo groups is 1. The van der Waals surface area contributed by atoms with Crippen molar-refractivity contribution in [2.75, 3.05) is 13.2 Å². The van der Waals surface area contributed by atoms with Crippen LogP contribution in [0.25, 0.3) is 10.8 Å². The van der Waals surface area contributed by atoms with Gasteiger partial charge in [0.2, 0.25) is 0 Å². The predicted molar refractivity (Wildman–Crippen MR) is 107 cm³/mol. The molecule has 0 bridgehead atoms. The number of carbonyl (C=O) groups excluding carboxylic acids is 1. The molecule has 0 heterocycles. The maximum atomic E-state index is 11.4. The van der Waals surface area contributed by atoms with E-state index in [0.717, 1.165) is 5.39 Å². The number of rotatable bonds is 7. The SMILES string of the molecule is C=C(C)C(=O)OCCOc1cc(O)c(N=Nc2ccccc2)c2ccccc12. The molecule has 0 amide bonds. The number of ether oxygens (including phenoxy) is 2. The van der Waals surface area contributed by atoms with Crippen LogP contribution >= 0.6 is 0 Å². The van der Waals surface area contributed by atoms with Gasteiger partial charge in [0.15, 0.2) is 0 Å². The van der Waals surface area contributed by atoms with E-state index in [1.165, 1.54) is 6.07 Å². The van der Waals surface area contributed by atoms with Crippen molar-refractivity contribution in [2.24, 2.45) is 10.2 Å². The molecule has 0 aliphatic heterocycles. The summed E-state index contributed by atoms with van der Waals surface area (Å²) in [6.45, 7) is 5.33. The Bertz CT molecular complexity index is 1030. The topological polar surface area (TPSA) is 80.5 Å². The average molecular weight is 376 g/mol. The van der Waals surface area contributed by atoms with E-state index in [0.29, 0.717) is 28.1 Å². The highest BCUT2D eigenvalue weighted by Gasteiger charge is 2.13. The van der Waals surface area contributed by atoms with Crippen LogP contribution in [-0.2, 0) is 9.53 Å². The number of esters is 1. The van der Waals surface area contributed by atoms with E-state index in [1.807, 2.05) is 54.6 Å². The predicted octanol–water partition coefficient (Wildman–Crippen LogP) is 5.46. The van der Waals surface area contributed by atoms with E-state index in [-0.39, 0.29) is 19.0 Å². The third-order valence-corrected chi connectivity index (χ3v) is 3.90. The van der Waals surface area contributed by atoms with Gasteiger partial charge in [-0.05, 0) is 19.1 Å². The van der Waals surface area contributed by atoms with E-state index >= 15 is 0 Å². The second-order valence-electron chi connectivity index (χ2n) is 6.09. The van der Waals surface area contributed by atoms with Crippen molar-refractivity contribution >= 4 is 28.1 Å². The van der Waals surface area contributed by atoms with Crippen molar-refractivity contribution in [1.29, 1.82) is 0 Å². The first-order chi connectivity index (χ1) is 13.6. The van der Waals surface area contributed by atoms with Crippen LogP contribution in [0.5, 0.6) is 11.5 Å². The normalized spacial score (nSPS) is 10.9. The Kier molecular flexibility index (Phi) is 6.01. The molecule has 28 heavy (non-hydrogen) atoms. The van der Waals surface area contributed by atoms with Gasteiger partial charge in [0, 0.05) is 22.4 Å². The highest BCUT2D eigenvalue weighted by atomic mass is 16.6. The number of phenols is 1. The molecule has 0 aliphatic rings. The number of phenolic OH excluding ortho intramolecular Hbond substituents is 1. The summed E-state index contributed by atoms with van der Waals surface area (Å²) in [7, 11) is 0. The molecular weight excluding hydrogens is 356 g/mol. The summed E-state index contributed by atoms with van der Waals surface area (Å²) in [5.41, 5.74) is 1.38. The Labute approximate surface area is 162 Å². The number of benzene rings is 3. The number of aromatic hydroxyl groups is 1. The first-order valence-electron chi connectivity index (χ1n) is 8.73. The number of carbonyl (C=O) groups is 1. The first kappa shape index (κ1) is 19.1. The summed E-state index contributed by atoms with van der Waals surface area (Å²) in [5.74, 6) is -0.0431. The Morgan fingerprint density at radius 2 is 1.68 bits per heavy atom. The van der Waals surface area contributed by atoms with Crippen molar-refractivity contribution in [1.82, 2.24) is 0 Å². The number of nitrogens with zero attached hydrogens (tertiary/aromatic N) is 2. The zero-order valence-corrected chi connectivity index (χ0v) is 15.5. The molecule has 0 unspecified atom stereocenters. The minimum atomic E-state index is -0.465. The molecule has 3 aromatic rings. The van der Waals surface area contributed by atoms with Crippen molar-refractivity contribution in [3.05, 3.63) is 72.8 Å². The molecule has 0 spiro atoms. The first-order valence-corrected chi connectivity index (χ1v) is 8.73. The van der Waals surface area contributed by atoms with Crippen LogP contribution in [-0.4, -0.2) is 24.3 Å². The molecule has 3 aromatic carbocycles. The van der Waals surface area contributed by atoms with Crippen molar-refractivity contribution < 1.29 is 19.4 Å². The molecule has 6 nitrogen and oxygen atoms in total. The maximum Gasteiger partial charge on any atom is 0.333 e. The summed E-state index contributed by atoms with van der Waals surface area (Å²) in [6.07, 6.45) is 0. The van der Waals surface area contributed by atoms with Crippen LogP contribution in [0.3, 0.4) is 0 Å². The fourth-order valence-electron chi connectivity index (χ4n) is 2.55. The summed E-state index contributed by atoms with van der Waals surface area (Å²) in [6, 6.07) is 18.2. The number of hydrogen-bond donors (Lipinski definition) is 1. The molecule has 0 saturated carbocycles. The molecule has 0 atom stereocenters. The Balaban J connectivity index is 1.83. The van der Waals surface area contributed by atoms with E-state index < -0.39 is 5.97 Å². The highest BCUT2D eigenvalue weighted by molar-refractivity contribution is 5.99. The van der Waals surface area contributed by atoms with Crippen LogP contribution in [0.15, 0.2) is 83.0 Å². The smallest absolute Gasteiger partial charge is 0.333 e. The summed E-state index contributed by atoms with van der Waals surface area (Å²) < 4.78 is 10.7. The Morgan fingerprint density at radius 3 is 2.39 bits per heavy atom. The van der Waals surface area contributed by atoms with Crippen LogP contribution in [0, 0.1) is 0 Å². The van der Waals surface area contributed by atoms with Gasteiger partial charge in [0.1, 0.15) is 30.4 Å². The summed E-state index contributed by atoms with van der Waals surface area (Å²) >= 11 is 0. The van der Waals surface area contributed by atoms with Crippen LogP contribution in [0.1, 0.15) is 6.92 Å². The van der Waals surface area contributed by atoms with E-state index in [4.69, 9.17) is 9.47 Å². The lowest BCUT2D eigenvalue weighted by molar-refractivity contribution is -0.139. The van der Waals surface area contributed by atoms with Crippen molar-refractivity contribution in [2.45, 2.75) is 6.92 Å². The van der Waals surface area contributed by atoms with E-state index in [9.17, 15) is 9.90 Å². The summed E-state index contributed by atoms with van der Waals surface area (Å²) in [4.78, 5) is 11.4. The van der Waals surface area contributed by atoms with Crippen LogP contribution in [0.2, 0.25) is 0 Å². The Hall–Kier alpha value is -3.67. The highest BCUT2D eigenvalue weighted by Crippen LogP contribution is 2.41. The fraction of sp³-hybridized carbons (Fsp3) is 0.136. The van der Waals surface area contributed by atoms with Gasteiger partial charge < -0.3 is 14.6 Å². The van der Waals surface area contributed by atoms with Gasteiger partial charge in [-0.25, -0.2) is 4.79 Å². The van der Waals surface area contributed by atoms with Gasteiger partial charge in [0.25, 0.3) is 0 Å². The maximum absolute atomic E-state index is 11.4. The molecular formula is C22H20N2O4. The molecule has 0 saturated heterocycles. The minimum Gasteiger partial charge on any atom is -0.505 e. The summed E-state index contributed by atoms with van der Waals surface area (Å²) in [5, 5.41) is 20.3. The van der Waals surface area contributed by atoms with Gasteiger partial charge in [0.05, 0.1) is 5.69 Å². The molecule has 0 aliphatic carbocycles. The lowest BCUT2D eigenvalue weighted by atomic mass is 10.1. The van der Waals surface area contributed by atoms with Gasteiger partial charge in [-0.2, -0.15) is 5.11 Å². The zero-order valence-electron chi connectivity index (χ0n) is 15.5. The molecule has 0 radical (unpaired) electrons. The molecule has 0 aromatic heterocycles. The lowest BCUT2D eigenvalue weighted by Gasteiger charge is -2.12. The van der Waals surface area contributed by atoms with Crippen LogP contribution in [0.4, 0.5) is 11.4 Å². The minimum absolute atomic E-state index is 0.0488. The molecule has 0 fully saturated rings. The molecule has 142 valence electrons. The van der Waals surface area contributed by atoms with Gasteiger partial charge in [-0.3, -0.25) is 0 Å². The average Bonchev–Trinajstić information content (AvgIpc) is 2.71. The van der Waals surface area contributed by atoms with Gasteiger partial charge >= 0.3 is 5.97 Å². The van der Waals surface area contributed by atoms with Crippen molar-refractivity contribution in [3.63, 3.8) is 0 Å². The van der Waals surface area contributed by atoms with Gasteiger partial charge in [-0.1, -0.05) is 49.0 Å². The number of fused-ring (bicyclic) bond motifs is 1.